The molecule has 1 aliphatic rings. The molecule has 1 saturated heterocycles. The summed E-state index contributed by atoms with van der Waals surface area (Å²) >= 11 is 3.73. The van der Waals surface area contributed by atoms with E-state index in [9.17, 15) is 0 Å². The summed E-state index contributed by atoms with van der Waals surface area (Å²) in [7, 11) is 3.83. The molecule has 0 aromatic heterocycles. The number of ether oxygens (including phenoxy) is 1. The van der Waals surface area contributed by atoms with E-state index in [1.54, 1.807) is 7.11 Å². The second-order valence-electron chi connectivity index (χ2n) is 2.91. The largest absolute Gasteiger partial charge is 0.380 e. The fraction of sp³-hybridized carbons (Fsp3) is 1.00. The molecule has 0 N–H and O–H groups in total. The molecular weight excluding hydrogens is 162 g/mol. The van der Waals surface area contributed by atoms with E-state index in [1.807, 2.05) is 0 Å². The van der Waals surface area contributed by atoms with E-state index in [4.69, 9.17) is 8.92 Å². The van der Waals surface area contributed by atoms with Gasteiger partial charge in [-0.1, -0.05) is 0 Å². The number of thiol groups is 1. The highest BCUT2D eigenvalue weighted by Gasteiger charge is 2.31. The first-order chi connectivity index (χ1) is 5.29. The van der Waals surface area contributed by atoms with Gasteiger partial charge in [-0.15, -0.1) is 0 Å². The monoisotopic (exact) mass is 177 g/mol. The topological polar surface area (TPSA) is 21.7 Å². The van der Waals surface area contributed by atoms with Gasteiger partial charge in [0.2, 0.25) is 0 Å². The molecule has 0 spiro atoms. The lowest BCUT2D eigenvalue weighted by molar-refractivity contribution is 0.0543. The lowest BCUT2D eigenvalue weighted by atomic mass is 10.2. The molecule has 3 nitrogen and oxygen atoms in total. The zero-order chi connectivity index (χ0) is 8.27. The van der Waals surface area contributed by atoms with Crippen LogP contribution in [0.5, 0.6) is 0 Å². The van der Waals surface area contributed by atoms with E-state index < -0.39 is 0 Å². The fourth-order valence-corrected chi connectivity index (χ4v) is 1.71. The number of nitrogens with zero attached hydrogens (tertiary/aromatic N) is 1. The molecule has 2 unspecified atom stereocenters. The van der Waals surface area contributed by atoms with Crippen LogP contribution in [0.4, 0.5) is 0 Å². The maximum atomic E-state index is 5.29. The third kappa shape index (κ3) is 2.08. The minimum atomic E-state index is 0.312. The van der Waals surface area contributed by atoms with Crippen LogP contribution in [0, 0.1) is 0 Å². The third-order valence-corrected chi connectivity index (χ3v) is 2.46. The Bertz CT molecular complexity index is 123. The maximum absolute atomic E-state index is 5.29. The predicted molar refractivity (Wildman–Crippen MR) is 46.8 cm³/mol. The van der Waals surface area contributed by atoms with Gasteiger partial charge in [-0.05, 0) is 26.4 Å². The van der Waals surface area contributed by atoms with Crippen molar-refractivity contribution in [2.75, 3.05) is 27.3 Å². The van der Waals surface area contributed by atoms with E-state index in [0.717, 1.165) is 13.0 Å². The van der Waals surface area contributed by atoms with Crippen LogP contribution in [0.2, 0.25) is 0 Å². The molecule has 0 amide bonds. The van der Waals surface area contributed by atoms with Crippen LogP contribution in [-0.4, -0.2) is 44.4 Å². The van der Waals surface area contributed by atoms with Crippen LogP contribution in [0.3, 0.4) is 0 Å². The van der Waals surface area contributed by atoms with E-state index in [2.05, 4.69) is 24.9 Å². The highest BCUT2D eigenvalue weighted by atomic mass is 32.1. The third-order valence-electron chi connectivity index (χ3n) is 2.31. The molecule has 66 valence electrons. The van der Waals surface area contributed by atoms with Gasteiger partial charge in [-0.25, -0.2) is 0 Å². The van der Waals surface area contributed by atoms with E-state index in [1.165, 1.54) is 0 Å². The number of likely N-dealkylation sites (N-methyl/N-ethyl adjacent to an activating group) is 1. The number of rotatable bonds is 3. The summed E-state index contributed by atoms with van der Waals surface area (Å²) in [6, 6.07) is 0.373. The number of likely N-dealkylation sites (tertiary alicyclic amines) is 1. The van der Waals surface area contributed by atoms with Crippen LogP contribution in [-0.2, 0) is 8.92 Å². The van der Waals surface area contributed by atoms with Crippen molar-refractivity contribution in [1.29, 1.82) is 0 Å². The Morgan fingerprint density at radius 1 is 1.64 bits per heavy atom. The average molecular weight is 177 g/mol. The van der Waals surface area contributed by atoms with Crippen molar-refractivity contribution in [2.24, 2.45) is 0 Å². The Labute approximate surface area is 73.3 Å². The summed E-state index contributed by atoms with van der Waals surface area (Å²) in [5.74, 6) is 0. The van der Waals surface area contributed by atoms with Gasteiger partial charge in [-0.2, -0.15) is 0 Å². The second-order valence-corrected chi connectivity index (χ2v) is 3.16. The maximum Gasteiger partial charge on any atom is 0.0791 e. The van der Waals surface area contributed by atoms with Crippen molar-refractivity contribution in [3.63, 3.8) is 0 Å². The molecule has 0 aliphatic carbocycles. The van der Waals surface area contributed by atoms with Crippen LogP contribution < -0.4 is 0 Å². The SMILES string of the molecule is COC1CCN(C)C1COS. The first-order valence-corrected chi connectivity index (χ1v) is 4.15. The lowest BCUT2D eigenvalue weighted by Gasteiger charge is -2.22. The van der Waals surface area contributed by atoms with Crippen molar-refractivity contribution in [3.8, 4) is 0 Å². The Morgan fingerprint density at radius 2 is 2.36 bits per heavy atom. The number of hydrogen-bond donors (Lipinski definition) is 1. The molecule has 1 fully saturated rings. The summed E-state index contributed by atoms with van der Waals surface area (Å²) in [6.45, 7) is 1.72. The van der Waals surface area contributed by atoms with Gasteiger partial charge in [0.25, 0.3) is 0 Å². The van der Waals surface area contributed by atoms with E-state index in [0.29, 0.717) is 18.8 Å². The Kier molecular flexibility index (Phi) is 3.65. The first kappa shape index (κ1) is 9.32. The van der Waals surface area contributed by atoms with Crippen LogP contribution >= 0.6 is 12.9 Å². The van der Waals surface area contributed by atoms with Gasteiger partial charge in [0.05, 0.1) is 18.8 Å². The zero-order valence-electron chi connectivity index (χ0n) is 6.99. The first-order valence-electron chi connectivity index (χ1n) is 3.79. The lowest BCUT2D eigenvalue weighted by Crippen LogP contribution is -2.36. The van der Waals surface area contributed by atoms with Gasteiger partial charge in [0, 0.05) is 13.7 Å². The van der Waals surface area contributed by atoms with Crippen molar-refractivity contribution in [1.82, 2.24) is 4.90 Å². The zero-order valence-corrected chi connectivity index (χ0v) is 7.88. The van der Waals surface area contributed by atoms with Crippen LogP contribution in [0.1, 0.15) is 6.42 Å². The van der Waals surface area contributed by atoms with Gasteiger partial charge in [0.15, 0.2) is 0 Å². The summed E-state index contributed by atoms with van der Waals surface area (Å²) < 4.78 is 10.1. The fourth-order valence-electron chi connectivity index (χ4n) is 1.56. The molecule has 0 bridgehead atoms. The minimum Gasteiger partial charge on any atom is -0.380 e. The molecule has 2 atom stereocenters. The molecule has 0 aromatic rings. The van der Waals surface area contributed by atoms with Crippen LogP contribution in [0.15, 0.2) is 0 Å². The number of methoxy groups -OCH3 is 1. The molecular formula is C7H15NO2S. The molecule has 11 heavy (non-hydrogen) atoms. The Hall–Kier alpha value is 0.230. The van der Waals surface area contributed by atoms with Gasteiger partial charge in [-0.3, -0.25) is 4.90 Å². The highest BCUT2D eigenvalue weighted by molar-refractivity contribution is 7.75. The standard InChI is InChI=1S/C7H15NO2S/c1-8-4-3-7(9-2)6(8)5-10-11/h6-7,11H,3-5H2,1-2H3. The molecule has 1 heterocycles. The molecule has 0 radical (unpaired) electrons. The molecule has 0 aromatic carbocycles. The van der Waals surface area contributed by atoms with Crippen LogP contribution in [0.25, 0.3) is 0 Å². The summed E-state index contributed by atoms with van der Waals surface area (Å²) in [4.78, 5) is 2.24. The van der Waals surface area contributed by atoms with Gasteiger partial charge in [0.1, 0.15) is 0 Å². The van der Waals surface area contributed by atoms with Crippen molar-refractivity contribution >= 4 is 12.9 Å². The summed E-state index contributed by atoms with van der Waals surface area (Å²) in [6.07, 6.45) is 1.40. The number of hydrogen-bond acceptors (Lipinski definition) is 4. The molecule has 1 aliphatic heterocycles. The minimum absolute atomic E-state index is 0.312. The van der Waals surface area contributed by atoms with Gasteiger partial charge >= 0.3 is 0 Å². The Balaban J connectivity index is 2.42. The van der Waals surface area contributed by atoms with E-state index >= 15 is 0 Å². The Morgan fingerprint density at radius 3 is 2.91 bits per heavy atom. The highest BCUT2D eigenvalue weighted by Crippen LogP contribution is 2.18. The molecule has 4 heteroatoms. The molecule has 1 rings (SSSR count). The summed E-state index contributed by atoms with van der Waals surface area (Å²) in [5, 5.41) is 0. The predicted octanol–water partition coefficient (Wildman–Crippen LogP) is 0.567. The average Bonchev–Trinajstić information content (AvgIpc) is 2.34. The smallest absolute Gasteiger partial charge is 0.0791 e. The van der Waals surface area contributed by atoms with Crippen molar-refractivity contribution < 1.29 is 8.92 Å². The second kappa shape index (κ2) is 4.30. The van der Waals surface area contributed by atoms with Crippen molar-refractivity contribution in [3.05, 3.63) is 0 Å². The van der Waals surface area contributed by atoms with Gasteiger partial charge < -0.3 is 8.92 Å². The normalized spacial score (nSPS) is 33.0. The van der Waals surface area contributed by atoms with Crippen molar-refractivity contribution in [2.45, 2.75) is 18.6 Å². The quantitative estimate of drug-likeness (QED) is 0.503. The summed E-state index contributed by atoms with van der Waals surface area (Å²) in [5.41, 5.74) is 0. The molecule has 0 saturated carbocycles. The van der Waals surface area contributed by atoms with E-state index in [-0.39, 0.29) is 0 Å².